The fourth-order valence-corrected chi connectivity index (χ4v) is 5.70. The van der Waals surface area contributed by atoms with Crippen LogP contribution >= 0.6 is 0 Å². The summed E-state index contributed by atoms with van der Waals surface area (Å²) in [5.74, 6) is 0.385. The van der Waals surface area contributed by atoms with E-state index in [-0.39, 0.29) is 36.0 Å². The summed E-state index contributed by atoms with van der Waals surface area (Å²) < 4.78 is 50.2. The van der Waals surface area contributed by atoms with Gasteiger partial charge in [0.05, 0.1) is 18.1 Å². The van der Waals surface area contributed by atoms with Gasteiger partial charge in [0.15, 0.2) is 0 Å². The van der Waals surface area contributed by atoms with Crippen molar-refractivity contribution in [2.24, 2.45) is 11.3 Å². The fourth-order valence-electron chi connectivity index (χ4n) is 5.70. The van der Waals surface area contributed by atoms with Gasteiger partial charge in [0, 0.05) is 58.2 Å². The molecule has 3 heterocycles. The topological polar surface area (TPSA) is 79.8 Å². The van der Waals surface area contributed by atoms with E-state index in [1.807, 2.05) is 4.90 Å². The Morgan fingerprint density at radius 3 is 2.66 bits per heavy atom. The molecule has 8 nitrogen and oxygen atoms in total. The molecular formula is C24H36F3N5O3. The van der Waals surface area contributed by atoms with Crippen LogP contribution in [0.5, 0.6) is 0 Å². The quantitative estimate of drug-likeness (QED) is 0.645. The first kappa shape index (κ1) is 26.1. The molecular weight excluding hydrogens is 463 g/mol. The van der Waals surface area contributed by atoms with Crippen molar-refractivity contribution in [2.75, 3.05) is 51.4 Å². The minimum absolute atomic E-state index is 0.0136. The van der Waals surface area contributed by atoms with E-state index in [1.165, 1.54) is 0 Å². The zero-order valence-corrected chi connectivity index (χ0v) is 20.7. The van der Waals surface area contributed by atoms with Gasteiger partial charge in [-0.3, -0.25) is 4.79 Å². The lowest BCUT2D eigenvalue weighted by molar-refractivity contribution is -0.145. The number of nitrogens with one attached hydrogen (secondary N) is 1. The van der Waals surface area contributed by atoms with Crippen LogP contribution in [0.25, 0.3) is 0 Å². The maximum Gasteiger partial charge on any atom is 0.433 e. The van der Waals surface area contributed by atoms with Crippen LogP contribution in [0, 0.1) is 11.3 Å². The van der Waals surface area contributed by atoms with E-state index in [4.69, 9.17) is 9.47 Å². The second-order valence-corrected chi connectivity index (χ2v) is 10.2. The summed E-state index contributed by atoms with van der Waals surface area (Å²) in [6, 6.07) is 1.32. The van der Waals surface area contributed by atoms with Gasteiger partial charge >= 0.3 is 6.18 Å². The Labute approximate surface area is 204 Å². The van der Waals surface area contributed by atoms with Crippen LogP contribution in [0.1, 0.15) is 45.2 Å². The lowest BCUT2D eigenvalue weighted by Crippen LogP contribution is -2.55. The predicted molar refractivity (Wildman–Crippen MR) is 124 cm³/mol. The van der Waals surface area contributed by atoms with Crippen LogP contribution in [0.2, 0.25) is 0 Å². The van der Waals surface area contributed by atoms with Crippen molar-refractivity contribution < 1.29 is 27.4 Å². The molecule has 3 unspecified atom stereocenters. The first-order chi connectivity index (χ1) is 16.6. The van der Waals surface area contributed by atoms with E-state index in [9.17, 15) is 18.0 Å². The summed E-state index contributed by atoms with van der Waals surface area (Å²) >= 11 is 0. The van der Waals surface area contributed by atoms with Gasteiger partial charge in [0.2, 0.25) is 11.9 Å². The Bertz CT molecular complexity index is 878. The molecule has 1 aliphatic carbocycles. The first-order valence-electron chi connectivity index (χ1n) is 12.4. The van der Waals surface area contributed by atoms with Crippen molar-refractivity contribution in [3.63, 3.8) is 0 Å². The van der Waals surface area contributed by atoms with E-state index in [0.717, 1.165) is 37.9 Å². The number of amides is 1. The molecule has 1 aromatic rings. The van der Waals surface area contributed by atoms with Gasteiger partial charge in [0.1, 0.15) is 5.69 Å². The van der Waals surface area contributed by atoms with Crippen molar-refractivity contribution in [2.45, 2.75) is 63.9 Å². The zero-order valence-electron chi connectivity index (χ0n) is 20.7. The van der Waals surface area contributed by atoms with Crippen molar-refractivity contribution in [1.29, 1.82) is 0 Å². The average Bonchev–Trinajstić information content (AvgIpc) is 3.29. The van der Waals surface area contributed by atoms with Gasteiger partial charge < -0.3 is 24.6 Å². The van der Waals surface area contributed by atoms with E-state index < -0.39 is 17.3 Å². The smallest absolute Gasteiger partial charge is 0.379 e. The molecule has 3 fully saturated rings. The van der Waals surface area contributed by atoms with E-state index >= 15 is 0 Å². The van der Waals surface area contributed by atoms with E-state index in [0.29, 0.717) is 39.4 Å². The van der Waals surface area contributed by atoms with Crippen molar-refractivity contribution in [3.05, 3.63) is 18.0 Å². The highest BCUT2D eigenvalue weighted by Crippen LogP contribution is 2.46. The molecule has 0 spiro atoms. The number of carbonyl (C=O) groups is 1. The number of anilines is 1. The molecule has 2 saturated heterocycles. The van der Waals surface area contributed by atoms with Crippen LogP contribution in [0.15, 0.2) is 12.3 Å². The van der Waals surface area contributed by atoms with Gasteiger partial charge in [0.25, 0.3) is 0 Å². The second-order valence-electron chi connectivity index (χ2n) is 10.2. The summed E-state index contributed by atoms with van der Waals surface area (Å²) in [4.78, 5) is 25.1. The summed E-state index contributed by atoms with van der Waals surface area (Å²) in [6.07, 6.45) is 0.0363. The number of hydrogen-bond donors (Lipinski definition) is 1. The molecule has 1 saturated carbocycles. The molecule has 1 aromatic heterocycles. The molecule has 0 radical (unpaired) electrons. The molecule has 1 N–H and O–H groups in total. The number of aromatic nitrogens is 2. The minimum atomic E-state index is -4.51. The Kier molecular flexibility index (Phi) is 7.87. The number of piperazine rings is 1. The normalized spacial score (nSPS) is 30.2. The summed E-state index contributed by atoms with van der Waals surface area (Å²) in [5, 5.41) is 3.74. The molecule has 4 rings (SSSR count). The van der Waals surface area contributed by atoms with Gasteiger partial charge in [-0.15, -0.1) is 0 Å². The Balaban J connectivity index is 1.38. The molecule has 3 aliphatic rings. The van der Waals surface area contributed by atoms with Crippen molar-refractivity contribution >= 4 is 11.9 Å². The third-order valence-electron chi connectivity index (χ3n) is 7.92. The molecule has 11 heteroatoms. The first-order valence-corrected chi connectivity index (χ1v) is 12.4. The molecule has 35 heavy (non-hydrogen) atoms. The third-order valence-corrected chi connectivity index (χ3v) is 7.92. The Hall–Kier alpha value is -1.98. The maximum absolute atomic E-state index is 13.8. The molecule has 0 aromatic carbocycles. The van der Waals surface area contributed by atoms with Gasteiger partial charge in [-0.25, -0.2) is 9.97 Å². The number of halogens is 3. The monoisotopic (exact) mass is 499 g/mol. The van der Waals surface area contributed by atoms with E-state index in [2.05, 4.69) is 29.1 Å². The highest BCUT2D eigenvalue weighted by Gasteiger charge is 2.50. The maximum atomic E-state index is 13.8. The average molecular weight is 500 g/mol. The van der Waals surface area contributed by atoms with Crippen LogP contribution < -0.4 is 10.2 Å². The number of carbonyl (C=O) groups excluding carboxylic acids is 1. The van der Waals surface area contributed by atoms with Gasteiger partial charge in [-0.2, -0.15) is 13.2 Å². The largest absolute Gasteiger partial charge is 0.433 e. The Morgan fingerprint density at radius 1 is 1.26 bits per heavy atom. The third kappa shape index (κ3) is 5.56. The number of rotatable bonds is 6. The summed E-state index contributed by atoms with van der Waals surface area (Å²) in [7, 11) is 1.70. The van der Waals surface area contributed by atoms with Crippen LogP contribution in [0.4, 0.5) is 19.1 Å². The minimum Gasteiger partial charge on any atom is -0.379 e. The molecule has 4 atom stereocenters. The second kappa shape index (κ2) is 10.6. The molecule has 2 aliphatic heterocycles. The van der Waals surface area contributed by atoms with E-state index in [1.54, 1.807) is 12.0 Å². The Morgan fingerprint density at radius 2 is 2.00 bits per heavy atom. The van der Waals surface area contributed by atoms with Crippen LogP contribution in [-0.4, -0.2) is 85.5 Å². The number of hydrogen-bond acceptors (Lipinski definition) is 7. The zero-order chi connectivity index (χ0) is 25.2. The highest BCUT2D eigenvalue weighted by molar-refractivity contribution is 5.83. The number of methoxy groups -OCH3 is 1. The standard InChI is InChI=1S/C24H36F3N5O3/c1-16(2)23(7-4-17(14-23)29-18-6-13-35-15-19(18)34-3)21(33)31-9-11-32(12-10-31)22-28-8-5-20(30-22)24(25,26)27/h5,8,16-19,29H,4,6-7,9-15H2,1-3H3/t17?,18?,19?,23-/m0/s1. The van der Waals surface area contributed by atoms with Crippen molar-refractivity contribution in [1.82, 2.24) is 20.2 Å². The molecule has 196 valence electrons. The SMILES string of the molecule is COC1COCCC1NC1CC[C@@](C(=O)N2CCN(c3nccc(C(F)(F)F)n3)CC2)(C(C)C)C1. The fraction of sp³-hybridized carbons (Fsp3) is 0.792. The molecule has 1 amide bonds. The predicted octanol–water partition coefficient (Wildman–Crippen LogP) is 2.73. The number of ether oxygens (including phenoxy) is 2. The summed E-state index contributed by atoms with van der Waals surface area (Å²) in [5.41, 5.74) is -1.40. The highest BCUT2D eigenvalue weighted by atomic mass is 19.4. The number of alkyl halides is 3. The van der Waals surface area contributed by atoms with Gasteiger partial charge in [-0.05, 0) is 37.7 Å². The number of nitrogens with zero attached hydrogens (tertiary/aromatic N) is 4. The van der Waals surface area contributed by atoms with Crippen LogP contribution in [0.3, 0.4) is 0 Å². The molecule has 0 bridgehead atoms. The summed E-state index contributed by atoms with van der Waals surface area (Å²) in [6.45, 7) is 7.20. The van der Waals surface area contributed by atoms with Gasteiger partial charge in [-0.1, -0.05) is 13.8 Å². The van der Waals surface area contributed by atoms with Crippen LogP contribution in [-0.2, 0) is 20.4 Å². The lowest BCUT2D eigenvalue weighted by atomic mass is 9.74. The lowest BCUT2D eigenvalue weighted by Gasteiger charge is -2.42. The van der Waals surface area contributed by atoms with Crippen molar-refractivity contribution in [3.8, 4) is 0 Å².